The van der Waals surface area contributed by atoms with Gasteiger partial charge in [0.1, 0.15) is 0 Å². The normalized spacial score (nSPS) is 18.7. The molecule has 1 unspecified atom stereocenters. The van der Waals surface area contributed by atoms with E-state index >= 15 is 0 Å². The van der Waals surface area contributed by atoms with E-state index < -0.39 is 0 Å². The molecule has 2 rings (SSSR count). The van der Waals surface area contributed by atoms with Crippen molar-refractivity contribution in [1.82, 2.24) is 10.6 Å². The lowest BCUT2D eigenvalue weighted by Crippen LogP contribution is -2.32. The number of halogens is 1. The fraction of sp³-hybridized carbons (Fsp3) is 0.583. The Labute approximate surface area is 112 Å². The Balaban J connectivity index is 0.00000144. The third-order valence-electron chi connectivity index (χ3n) is 2.87. The Morgan fingerprint density at radius 1 is 1.59 bits per heavy atom. The molecule has 0 radical (unpaired) electrons. The van der Waals surface area contributed by atoms with Crippen LogP contribution in [0.25, 0.3) is 0 Å². The molecule has 0 aliphatic carbocycles. The SMILES string of the molecule is Cl.O=C(CC1CCCN1)NCCc1cccs1. The molecule has 5 heteroatoms. The van der Waals surface area contributed by atoms with Gasteiger partial charge in [0.05, 0.1) is 0 Å². The molecule has 3 nitrogen and oxygen atoms in total. The maximum Gasteiger partial charge on any atom is 0.221 e. The summed E-state index contributed by atoms with van der Waals surface area (Å²) in [5.74, 6) is 0.177. The van der Waals surface area contributed by atoms with Crippen LogP contribution in [0, 0.1) is 0 Å². The van der Waals surface area contributed by atoms with Crippen LogP contribution in [0.3, 0.4) is 0 Å². The molecule has 1 fully saturated rings. The van der Waals surface area contributed by atoms with Crippen LogP contribution in [0.2, 0.25) is 0 Å². The first kappa shape index (κ1) is 14.5. The van der Waals surface area contributed by atoms with Crippen molar-refractivity contribution in [2.75, 3.05) is 13.1 Å². The van der Waals surface area contributed by atoms with Gasteiger partial charge in [-0.2, -0.15) is 0 Å². The van der Waals surface area contributed by atoms with E-state index in [4.69, 9.17) is 0 Å². The average Bonchev–Trinajstić information content (AvgIpc) is 2.90. The molecule has 1 saturated heterocycles. The second-order valence-electron chi connectivity index (χ2n) is 4.18. The molecule has 0 saturated carbocycles. The van der Waals surface area contributed by atoms with E-state index in [-0.39, 0.29) is 18.3 Å². The second kappa shape index (κ2) is 7.69. The summed E-state index contributed by atoms with van der Waals surface area (Å²) in [6, 6.07) is 4.56. The van der Waals surface area contributed by atoms with Crippen molar-refractivity contribution in [2.45, 2.75) is 31.7 Å². The first-order valence-electron chi connectivity index (χ1n) is 5.87. The molecule has 1 atom stereocenters. The smallest absolute Gasteiger partial charge is 0.221 e. The molecule has 1 aromatic heterocycles. The van der Waals surface area contributed by atoms with Crippen LogP contribution in [0.15, 0.2) is 17.5 Å². The summed E-state index contributed by atoms with van der Waals surface area (Å²) >= 11 is 1.74. The van der Waals surface area contributed by atoms with Gasteiger partial charge in [-0.25, -0.2) is 0 Å². The van der Waals surface area contributed by atoms with Gasteiger partial charge in [-0.1, -0.05) is 6.07 Å². The molecule has 1 aliphatic rings. The van der Waals surface area contributed by atoms with Gasteiger partial charge in [0.2, 0.25) is 5.91 Å². The largest absolute Gasteiger partial charge is 0.356 e. The number of amides is 1. The third kappa shape index (κ3) is 5.06. The molecule has 0 aromatic carbocycles. The summed E-state index contributed by atoms with van der Waals surface area (Å²) in [7, 11) is 0. The Morgan fingerprint density at radius 3 is 3.12 bits per heavy atom. The predicted molar refractivity (Wildman–Crippen MR) is 73.9 cm³/mol. The van der Waals surface area contributed by atoms with Gasteiger partial charge in [-0.05, 0) is 37.3 Å². The summed E-state index contributed by atoms with van der Waals surface area (Å²) in [5.41, 5.74) is 0. The summed E-state index contributed by atoms with van der Waals surface area (Å²) in [5, 5.41) is 8.38. The van der Waals surface area contributed by atoms with Crippen molar-refractivity contribution >= 4 is 29.7 Å². The number of carbonyl (C=O) groups excluding carboxylic acids is 1. The van der Waals surface area contributed by atoms with Gasteiger partial charge in [-0.15, -0.1) is 23.7 Å². The van der Waals surface area contributed by atoms with Crippen LogP contribution in [-0.4, -0.2) is 25.0 Å². The maximum atomic E-state index is 11.6. The minimum Gasteiger partial charge on any atom is -0.356 e. The predicted octanol–water partition coefficient (Wildman–Crippen LogP) is 1.97. The highest BCUT2D eigenvalue weighted by atomic mass is 35.5. The molecule has 17 heavy (non-hydrogen) atoms. The quantitative estimate of drug-likeness (QED) is 0.862. The molecular weight excluding hydrogens is 256 g/mol. The van der Waals surface area contributed by atoms with Gasteiger partial charge < -0.3 is 10.6 Å². The Morgan fingerprint density at radius 2 is 2.47 bits per heavy atom. The number of thiophene rings is 1. The first-order valence-corrected chi connectivity index (χ1v) is 6.75. The highest BCUT2D eigenvalue weighted by Crippen LogP contribution is 2.09. The van der Waals surface area contributed by atoms with Gasteiger partial charge in [0.25, 0.3) is 0 Å². The van der Waals surface area contributed by atoms with Crippen molar-refractivity contribution in [2.24, 2.45) is 0 Å². The highest BCUT2D eigenvalue weighted by molar-refractivity contribution is 7.09. The third-order valence-corrected chi connectivity index (χ3v) is 3.80. The molecule has 1 aromatic rings. The number of carbonyl (C=O) groups is 1. The van der Waals surface area contributed by atoms with E-state index in [0.29, 0.717) is 12.5 Å². The van der Waals surface area contributed by atoms with Crippen LogP contribution in [-0.2, 0) is 11.2 Å². The molecule has 96 valence electrons. The zero-order valence-electron chi connectivity index (χ0n) is 9.78. The lowest BCUT2D eigenvalue weighted by Gasteiger charge is -2.09. The van der Waals surface area contributed by atoms with Crippen LogP contribution in [0.5, 0.6) is 0 Å². The van der Waals surface area contributed by atoms with E-state index in [2.05, 4.69) is 22.1 Å². The fourth-order valence-corrected chi connectivity index (χ4v) is 2.72. The van der Waals surface area contributed by atoms with E-state index in [0.717, 1.165) is 25.9 Å². The molecule has 0 spiro atoms. The molecule has 0 bridgehead atoms. The molecule has 1 amide bonds. The second-order valence-corrected chi connectivity index (χ2v) is 5.21. The lowest BCUT2D eigenvalue weighted by molar-refractivity contribution is -0.121. The summed E-state index contributed by atoms with van der Waals surface area (Å²) < 4.78 is 0. The lowest BCUT2D eigenvalue weighted by atomic mass is 10.1. The van der Waals surface area contributed by atoms with Crippen molar-refractivity contribution in [3.8, 4) is 0 Å². The van der Waals surface area contributed by atoms with Gasteiger partial charge in [0.15, 0.2) is 0 Å². The fourth-order valence-electron chi connectivity index (χ4n) is 2.01. The van der Waals surface area contributed by atoms with E-state index in [1.165, 1.54) is 11.3 Å². The standard InChI is InChI=1S/C12H18N2OS.ClH/c15-12(9-10-3-1-6-13-10)14-7-5-11-4-2-8-16-11;/h2,4,8,10,13H,1,3,5-7,9H2,(H,14,15);1H. The minimum absolute atomic E-state index is 0. The zero-order chi connectivity index (χ0) is 11.2. The topological polar surface area (TPSA) is 41.1 Å². The number of nitrogens with one attached hydrogen (secondary N) is 2. The highest BCUT2D eigenvalue weighted by Gasteiger charge is 2.16. The van der Waals surface area contributed by atoms with Gasteiger partial charge >= 0.3 is 0 Å². The van der Waals surface area contributed by atoms with E-state index in [1.807, 2.05) is 6.07 Å². The monoisotopic (exact) mass is 274 g/mol. The Hall–Kier alpha value is -0.580. The van der Waals surface area contributed by atoms with Crippen LogP contribution < -0.4 is 10.6 Å². The van der Waals surface area contributed by atoms with Crippen LogP contribution in [0.4, 0.5) is 0 Å². The molecule has 1 aliphatic heterocycles. The van der Waals surface area contributed by atoms with Crippen LogP contribution in [0.1, 0.15) is 24.1 Å². The van der Waals surface area contributed by atoms with E-state index in [1.54, 1.807) is 11.3 Å². The minimum atomic E-state index is 0. The zero-order valence-corrected chi connectivity index (χ0v) is 11.4. The van der Waals surface area contributed by atoms with Crippen molar-refractivity contribution in [3.05, 3.63) is 22.4 Å². The summed E-state index contributed by atoms with van der Waals surface area (Å²) in [6.45, 7) is 1.82. The molecule has 2 N–H and O–H groups in total. The van der Waals surface area contributed by atoms with Crippen LogP contribution >= 0.6 is 23.7 Å². The Bertz CT molecular complexity index is 323. The van der Waals surface area contributed by atoms with Crippen molar-refractivity contribution in [1.29, 1.82) is 0 Å². The molecule has 2 heterocycles. The Kier molecular flexibility index (Phi) is 6.55. The van der Waals surface area contributed by atoms with E-state index in [9.17, 15) is 4.79 Å². The summed E-state index contributed by atoms with van der Waals surface area (Å²) in [6.07, 6.45) is 3.91. The number of hydrogen-bond acceptors (Lipinski definition) is 3. The number of rotatable bonds is 5. The molecular formula is C12H19ClN2OS. The number of hydrogen-bond donors (Lipinski definition) is 2. The first-order chi connectivity index (χ1) is 7.84. The summed E-state index contributed by atoms with van der Waals surface area (Å²) in [4.78, 5) is 12.9. The van der Waals surface area contributed by atoms with Crippen molar-refractivity contribution in [3.63, 3.8) is 0 Å². The van der Waals surface area contributed by atoms with Gasteiger partial charge in [-0.3, -0.25) is 4.79 Å². The van der Waals surface area contributed by atoms with Gasteiger partial charge in [0, 0.05) is 23.9 Å². The van der Waals surface area contributed by atoms with Crippen molar-refractivity contribution < 1.29 is 4.79 Å². The maximum absolute atomic E-state index is 11.6. The average molecular weight is 275 g/mol.